The maximum Gasteiger partial charge on any atom is 0.261 e. The Balaban J connectivity index is 1.64. The number of hydrogen-bond donors (Lipinski definition) is 1. The van der Waals surface area contributed by atoms with Crippen LogP contribution in [0.3, 0.4) is 0 Å². The van der Waals surface area contributed by atoms with Gasteiger partial charge in [0.15, 0.2) is 5.76 Å². The van der Waals surface area contributed by atoms with E-state index in [4.69, 9.17) is 16.1 Å². The summed E-state index contributed by atoms with van der Waals surface area (Å²) in [6.45, 7) is 0.276. The lowest BCUT2D eigenvalue weighted by Gasteiger charge is -1.99. The Hall–Kier alpha value is -1.63. The molecule has 1 amide bonds. The molecule has 0 saturated carbocycles. The van der Waals surface area contributed by atoms with Gasteiger partial charge in [-0.1, -0.05) is 44.8 Å². The average Bonchev–Trinajstić information content (AvgIpc) is 3.15. The summed E-state index contributed by atoms with van der Waals surface area (Å²) >= 11 is 10.4. The van der Waals surface area contributed by atoms with Gasteiger partial charge in [-0.05, 0) is 24.3 Å². The molecule has 0 atom stereocenters. The van der Waals surface area contributed by atoms with Crippen LogP contribution >= 0.6 is 38.9 Å². The third-order valence-electron chi connectivity index (χ3n) is 2.92. The molecule has 1 aromatic carbocycles. The molecule has 2 heterocycles. The molecule has 3 rings (SSSR count). The number of nitrogens with zero attached hydrogens (tertiary/aromatic N) is 1. The van der Waals surface area contributed by atoms with Crippen LogP contribution in [0.25, 0.3) is 11.3 Å². The van der Waals surface area contributed by atoms with Crippen LogP contribution in [-0.4, -0.2) is 11.1 Å². The highest BCUT2D eigenvalue weighted by molar-refractivity contribution is 9.10. The van der Waals surface area contributed by atoms with Crippen molar-refractivity contribution in [3.05, 3.63) is 61.9 Å². The van der Waals surface area contributed by atoms with Gasteiger partial charge in [0.25, 0.3) is 5.91 Å². The number of nitrogens with one attached hydrogen (secondary N) is 1. The lowest BCUT2D eigenvalue weighted by atomic mass is 10.1. The average molecular weight is 398 g/mol. The molecule has 0 aliphatic carbocycles. The molecule has 0 radical (unpaired) electrons. The van der Waals surface area contributed by atoms with E-state index < -0.39 is 0 Å². The monoisotopic (exact) mass is 396 g/mol. The number of thiophene rings is 1. The van der Waals surface area contributed by atoms with Gasteiger partial charge in [0.05, 0.1) is 15.8 Å². The Morgan fingerprint density at radius 2 is 2.05 bits per heavy atom. The van der Waals surface area contributed by atoms with E-state index in [0.717, 1.165) is 15.7 Å². The molecule has 0 spiro atoms. The topological polar surface area (TPSA) is 55.1 Å². The van der Waals surface area contributed by atoms with Crippen molar-refractivity contribution in [1.29, 1.82) is 0 Å². The molecule has 4 nitrogen and oxygen atoms in total. The molecule has 0 saturated heterocycles. The van der Waals surface area contributed by atoms with Crippen LogP contribution in [0.4, 0.5) is 0 Å². The van der Waals surface area contributed by atoms with Crippen molar-refractivity contribution >= 4 is 44.8 Å². The second-order valence-corrected chi connectivity index (χ2v) is 7.10. The van der Waals surface area contributed by atoms with Crippen molar-refractivity contribution in [3.63, 3.8) is 0 Å². The summed E-state index contributed by atoms with van der Waals surface area (Å²) in [6.07, 6.45) is 0. The van der Waals surface area contributed by atoms with Crippen molar-refractivity contribution in [2.45, 2.75) is 6.54 Å². The third kappa shape index (κ3) is 3.58. The fraction of sp³-hybridized carbons (Fsp3) is 0.0667. The second-order valence-electron chi connectivity index (χ2n) is 4.47. The number of amides is 1. The van der Waals surface area contributed by atoms with Gasteiger partial charge in [0, 0.05) is 16.1 Å². The summed E-state index contributed by atoms with van der Waals surface area (Å²) in [5, 5.41) is 6.78. The number of rotatable bonds is 4. The lowest BCUT2D eigenvalue weighted by molar-refractivity contribution is 0.0951. The smallest absolute Gasteiger partial charge is 0.261 e. The van der Waals surface area contributed by atoms with E-state index in [0.29, 0.717) is 15.0 Å². The number of benzene rings is 1. The Kier molecular flexibility index (Phi) is 4.61. The molecular formula is C15H10BrClN2O2S. The van der Waals surface area contributed by atoms with Crippen molar-refractivity contribution in [2.75, 3.05) is 0 Å². The third-order valence-corrected chi connectivity index (χ3v) is 4.68. The Morgan fingerprint density at radius 3 is 2.73 bits per heavy atom. The fourth-order valence-electron chi connectivity index (χ4n) is 1.84. The van der Waals surface area contributed by atoms with Gasteiger partial charge in [-0.15, -0.1) is 11.3 Å². The van der Waals surface area contributed by atoms with E-state index in [-0.39, 0.29) is 12.5 Å². The molecule has 22 heavy (non-hydrogen) atoms. The van der Waals surface area contributed by atoms with E-state index in [1.54, 1.807) is 12.1 Å². The van der Waals surface area contributed by atoms with Crippen LogP contribution in [-0.2, 0) is 6.54 Å². The molecular weight excluding hydrogens is 388 g/mol. The van der Waals surface area contributed by atoms with Crippen LogP contribution in [0.2, 0.25) is 4.34 Å². The molecule has 0 aliphatic rings. The van der Waals surface area contributed by atoms with Gasteiger partial charge in [-0.2, -0.15) is 0 Å². The molecule has 0 fully saturated rings. The Bertz CT molecular complexity index is 798. The zero-order valence-electron chi connectivity index (χ0n) is 11.2. The summed E-state index contributed by atoms with van der Waals surface area (Å²) in [4.78, 5) is 12.5. The van der Waals surface area contributed by atoms with Crippen molar-refractivity contribution in [1.82, 2.24) is 10.5 Å². The first-order chi connectivity index (χ1) is 10.6. The summed E-state index contributed by atoms with van der Waals surface area (Å²) in [7, 11) is 0. The molecule has 3 aromatic rings. The number of carbonyl (C=O) groups excluding carboxylic acids is 1. The molecule has 0 bridgehead atoms. The highest BCUT2D eigenvalue weighted by atomic mass is 79.9. The standard InChI is InChI=1S/C15H10BrClN2O2S/c16-10-3-1-9(2-4-10)12-7-11(21-19-12)8-18-15(20)13-5-6-14(17)22-13/h1-7H,8H2,(H,18,20). The van der Waals surface area contributed by atoms with Crippen molar-refractivity contribution in [2.24, 2.45) is 0 Å². The van der Waals surface area contributed by atoms with Crippen LogP contribution in [0, 0.1) is 0 Å². The quantitative estimate of drug-likeness (QED) is 0.691. The first kappa shape index (κ1) is 15.3. The number of carbonyl (C=O) groups is 1. The predicted octanol–water partition coefficient (Wildman–Crippen LogP) is 4.75. The van der Waals surface area contributed by atoms with E-state index >= 15 is 0 Å². The largest absolute Gasteiger partial charge is 0.359 e. The molecule has 0 unspecified atom stereocenters. The molecule has 7 heteroatoms. The van der Waals surface area contributed by atoms with E-state index in [1.807, 2.05) is 30.3 Å². The zero-order chi connectivity index (χ0) is 15.5. The maximum absolute atomic E-state index is 11.9. The van der Waals surface area contributed by atoms with Crippen molar-refractivity contribution < 1.29 is 9.32 Å². The van der Waals surface area contributed by atoms with Crippen LogP contribution in [0.5, 0.6) is 0 Å². The molecule has 0 aliphatic heterocycles. The minimum atomic E-state index is -0.182. The maximum atomic E-state index is 11.9. The lowest BCUT2D eigenvalue weighted by Crippen LogP contribution is -2.21. The van der Waals surface area contributed by atoms with Gasteiger partial charge in [0.1, 0.15) is 5.69 Å². The van der Waals surface area contributed by atoms with Gasteiger partial charge >= 0.3 is 0 Å². The minimum Gasteiger partial charge on any atom is -0.359 e. The highest BCUT2D eigenvalue weighted by Gasteiger charge is 2.11. The normalized spacial score (nSPS) is 10.6. The van der Waals surface area contributed by atoms with Crippen molar-refractivity contribution in [3.8, 4) is 11.3 Å². The molecule has 1 N–H and O–H groups in total. The summed E-state index contributed by atoms with van der Waals surface area (Å²) < 4.78 is 6.83. The molecule has 112 valence electrons. The van der Waals surface area contributed by atoms with Gasteiger partial charge in [-0.3, -0.25) is 4.79 Å². The first-order valence-corrected chi connectivity index (χ1v) is 8.35. The Labute approximate surface area is 144 Å². The van der Waals surface area contributed by atoms with Gasteiger partial charge in [-0.25, -0.2) is 0 Å². The van der Waals surface area contributed by atoms with Crippen LogP contribution in [0.1, 0.15) is 15.4 Å². The van der Waals surface area contributed by atoms with E-state index in [9.17, 15) is 4.79 Å². The summed E-state index contributed by atoms with van der Waals surface area (Å²) in [6, 6.07) is 13.0. The number of hydrogen-bond acceptors (Lipinski definition) is 4. The fourth-order valence-corrected chi connectivity index (χ4v) is 3.07. The van der Waals surface area contributed by atoms with Crippen LogP contribution < -0.4 is 5.32 Å². The molecule has 2 aromatic heterocycles. The second kappa shape index (κ2) is 6.64. The summed E-state index contributed by atoms with van der Waals surface area (Å²) in [5.74, 6) is 0.410. The zero-order valence-corrected chi connectivity index (χ0v) is 14.3. The van der Waals surface area contributed by atoms with Crippen LogP contribution in [0.15, 0.2) is 51.5 Å². The Morgan fingerprint density at radius 1 is 1.27 bits per heavy atom. The van der Waals surface area contributed by atoms with E-state index in [1.165, 1.54) is 11.3 Å². The summed E-state index contributed by atoms with van der Waals surface area (Å²) in [5.41, 5.74) is 1.69. The SMILES string of the molecule is O=C(NCc1cc(-c2ccc(Br)cc2)no1)c1ccc(Cl)s1. The van der Waals surface area contributed by atoms with Gasteiger partial charge < -0.3 is 9.84 Å². The van der Waals surface area contributed by atoms with E-state index in [2.05, 4.69) is 26.4 Å². The highest BCUT2D eigenvalue weighted by Crippen LogP contribution is 2.23. The number of halogens is 2. The first-order valence-electron chi connectivity index (χ1n) is 6.37. The predicted molar refractivity (Wildman–Crippen MR) is 90.1 cm³/mol. The minimum absolute atomic E-state index is 0.182. The number of aromatic nitrogens is 1. The van der Waals surface area contributed by atoms with Gasteiger partial charge in [0.2, 0.25) is 0 Å².